The van der Waals surface area contributed by atoms with Gasteiger partial charge >= 0.3 is 0 Å². The van der Waals surface area contributed by atoms with Gasteiger partial charge in [-0.1, -0.05) is 18.2 Å². The number of aliphatic hydroxyl groups is 1. The Morgan fingerprint density at radius 2 is 2.22 bits per heavy atom. The number of ether oxygens (including phenoxy) is 1. The Balaban J connectivity index is 1.66. The molecule has 2 heterocycles. The molecule has 0 unspecified atom stereocenters. The summed E-state index contributed by atoms with van der Waals surface area (Å²) in [4.78, 5) is 15.4. The van der Waals surface area contributed by atoms with Crippen molar-refractivity contribution < 1.29 is 14.6 Å². The molecule has 6 heteroatoms. The number of aromatic amines is 1. The second-order valence-corrected chi connectivity index (χ2v) is 5.90. The number of aromatic nitrogens is 1. The molecule has 23 heavy (non-hydrogen) atoms. The van der Waals surface area contributed by atoms with Crippen LogP contribution >= 0.6 is 11.3 Å². The third-order valence-electron chi connectivity index (χ3n) is 3.55. The number of para-hydroxylation sites is 1. The van der Waals surface area contributed by atoms with Gasteiger partial charge in [-0.15, -0.1) is 0 Å². The number of thiophene rings is 1. The Labute approximate surface area is 137 Å². The molecular formula is C17H18N2O3S. The van der Waals surface area contributed by atoms with E-state index >= 15 is 0 Å². The monoisotopic (exact) mass is 330 g/mol. The van der Waals surface area contributed by atoms with Crippen LogP contribution in [0.2, 0.25) is 0 Å². The van der Waals surface area contributed by atoms with E-state index in [1.54, 1.807) is 11.3 Å². The molecule has 0 fully saturated rings. The van der Waals surface area contributed by atoms with Crippen LogP contribution in [0.5, 0.6) is 0 Å². The van der Waals surface area contributed by atoms with Crippen molar-refractivity contribution in [3.63, 3.8) is 0 Å². The SMILES string of the molecule is O=C(NC[C@H](OCCO)c1ccsc1)c1cc2ccccc2[nH]1. The summed E-state index contributed by atoms with van der Waals surface area (Å²) >= 11 is 1.57. The van der Waals surface area contributed by atoms with Crippen LogP contribution in [-0.4, -0.2) is 35.8 Å². The van der Waals surface area contributed by atoms with Crippen molar-refractivity contribution in [3.8, 4) is 0 Å². The zero-order valence-corrected chi connectivity index (χ0v) is 13.3. The van der Waals surface area contributed by atoms with Crippen molar-refractivity contribution in [2.75, 3.05) is 19.8 Å². The Morgan fingerprint density at radius 3 is 2.96 bits per heavy atom. The van der Waals surface area contributed by atoms with E-state index in [4.69, 9.17) is 9.84 Å². The highest BCUT2D eigenvalue weighted by Gasteiger charge is 2.15. The zero-order valence-electron chi connectivity index (χ0n) is 12.5. The molecule has 0 radical (unpaired) electrons. The minimum atomic E-state index is -0.262. The van der Waals surface area contributed by atoms with Crippen molar-refractivity contribution in [3.05, 3.63) is 58.4 Å². The summed E-state index contributed by atoms with van der Waals surface area (Å²) in [6, 6.07) is 11.6. The molecule has 0 aliphatic rings. The molecule has 0 spiro atoms. The molecule has 0 bridgehead atoms. The molecule has 1 amide bonds. The van der Waals surface area contributed by atoms with Gasteiger partial charge in [-0.05, 0) is 34.5 Å². The largest absolute Gasteiger partial charge is 0.394 e. The molecule has 120 valence electrons. The van der Waals surface area contributed by atoms with E-state index in [1.807, 2.05) is 47.2 Å². The highest BCUT2D eigenvalue weighted by atomic mass is 32.1. The lowest BCUT2D eigenvalue weighted by molar-refractivity contribution is 0.0279. The standard InChI is InChI=1S/C17H18N2O3S/c20-6-7-22-16(13-5-8-23-11-13)10-18-17(21)15-9-12-3-1-2-4-14(12)19-15/h1-5,8-9,11,16,19-20H,6-7,10H2,(H,18,21)/t16-/m0/s1. The van der Waals surface area contributed by atoms with Gasteiger partial charge in [0.2, 0.25) is 0 Å². The number of aliphatic hydroxyl groups excluding tert-OH is 1. The number of carbonyl (C=O) groups excluding carboxylic acids is 1. The first-order valence-corrected chi connectivity index (χ1v) is 8.32. The van der Waals surface area contributed by atoms with Crippen molar-refractivity contribution in [1.29, 1.82) is 0 Å². The van der Waals surface area contributed by atoms with Gasteiger partial charge in [-0.2, -0.15) is 11.3 Å². The van der Waals surface area contributed by atoms with Crippen LogP contribution in [0.3, 0.4) is 0 Å². The molecule has 5 nitrogen and oxygen atoms in total. The summed E-state index contributed by atoms with van der Waals surface area (Å²) in [6.07, 6.45) is -0.262. The van der Waals surface area contributed by atoms with Crippen LogP contribution < -0.4 is 5.32 Å². The number of benzene rings is 1. The second-order valence-electron chi connectivity index (χ2n) is 5.12. The number of amides is 1. The Bertz CT molecular complexity index is 734. The maximum atomic E-state index is 12.3. The molecule has 0 saturated heterocycles. The summed E-state index contributed by atoms with van der Waals surface area (Å²) in [5.74, 6) is -0.172. The fourth-order valence-electron chi connectivity index (χ4n) is 2.40. The van der Waals surface area contributed by atoms with Crippen molar-refractivity contribution >= 4 is 28.1 Å². The number of rotatable bonds is 7. The Hall–Kier alpha value is -2.15. The topological polar surface area (TPSA) is 74.3 Å². The second kappa shape index (κ2) is 7.41. The molecule has 1 atom stereocenters. The van der Waals surface area contributed by atoms with Gasteiger partial charge in [0.15, 0.2) is 0 Å². The molecule has 0 saturated carbocycles. The highest BCUT2D eigenvalue weighted by molar-refractivity contribution is 7.07. The van der Waals surface area contributed by atoms with E-state index in [2.05, 4.69) is 10.3 Å². The smallest absolute Gasteiger partial charge is 0.267 e. The van der Waals surface area contributed by atoms with Gasteiger partial charge in [-0.3, -0.25) is 4.79 Å². The summed E-state index contributed by atoms with van der Waals surface area (Å²) in [5, 5.41) is 16.8. The Morgan fingerprint density at radius 1 is 1.35 bits per heavy atom. The van der Waals surface area contributed by atoms with E-state index < -0.39 is 0 Å². The van der Waals surface area contributed by atoms with E-state index in [0.717, 1.165) is 16.5 Å². The minimum absolute atomic E-state index is 0.0450. The van der Waals surface area contributed by atoms with Gasteiger partial charge in [0.25, 0.3) is 5.91 Å². The number of hydrogen-bond donors (Lipinski definition) is 3. The van der Waals surface area contributed by atoms with Crippen molar-refractivity contribution in [2.45, 2.75) is 6.10 Å². The fourth-order valence-corrected chi connectivity index (χ4v) is 3.10. The summed E-state index contributed by atoms with van der Waals surface area (Å²) < 4.78 is 5.61. The minimum Gasteiger partial charge on any atom is -0.394 e. The number of nitrogens with one attached hydrogen (secondary N) is 2. The normalized spacial score (nSPS) is 12.4. The average molecular weight is 330 g/mol. The molecule has 0 aliphatic heterocycles. The maximum absolute atomic E-state index is 12.3. The highest BCUT2D eigenvalue weighted by Crippen LogP contribution is 2.20. The zero-order chi connectivity index (χ0) is 16.1. The molecular weight excluding hydrogens is 312 g/mol. The fraction of sp³-hybridized carbons (Fsp3) is 0.235. The van der Waals surface area contributed by atoms with Crippen LogP contribution in [0.4, 0.5) is 0 Å². The van der Waals surface area contributed by atoms with E-state index in [0.29, 0.717) is 12.2 Å². The summed E-state index contributed by atoms with van der Waals surface area (Å²) in [6.45, 7) is 0.546. The Kier molecular flexibility index (Phi) is 5.07. The van der Waals surface area contributed by atoms with Crippen LogP contribution in [0.25, 0.3) is 10.9 Å². The van der Waals surface area contributed by atoms with Gasteiger partial charge in [-0.25, -0.2) is 0 Å². The third kappa shape index (κ3) is 3.79. The van der Waals surface area contributed by atoms with Crippen LogP contribution in [-0.2, 0) is 4.74 Å². The molecule has 0 aliphatic carbocycles. The average Bonchev–Trinajstić information content (AvgIpc) is 3.24. The van der Waals surface area contributed by atoms with Gasteiger partial charge in [0, 0.05) is 17.4 Å². The van der Waals surface area contributed by atoms with Gasteiger partial charge in [0.1, 0.15) is 11.8 Å². The van der Waals surface area contributed by atoms with E-state index in [1.165, 1.54) is 0 Å². The lowest BCUT2D eigenvalue weighted by Gasteiger charge is -2.17. The predicted molar refractivity (Wildman–Crippen MR) is 90.7 cm³/mol. The first kappa shape index (κ1) is 15.7. The van der Waals surface area contributed by atoms with Crippen molar-refractivity contribution in [1.82, 2.24) is 10.3 Å². The van der Waals surface area contributed by atoms with Crippen molar-refractivity contribution in [2.24, 2.45) is 0 Å². The van der Waals surface area contributed by atoms with Gasteiger partial charge < -0.3 is 20.1 Å². The van der Waals surface area contributed by atoms with Crippen LogP contribution in [0.15, 0.2) is 47.2 Å². The third-order valence-corrected chi connectivity index (χ3v) is 4.25. The van der Waals surface area contributed by atoms with Gasteiger partial charge in [0.05, 0.1) is 13.2 Å². The molecule has 3 N–H and O–H groups in total. The van der Waals surface area contributed by atoms with Crippen LogP contribution in [0, 0.1) is 0 Å². The molecule has 3 rings (SSSR count). The lowest BCUT2D eigenvalue weighted by atomic mass is 10.2. The van der Waals surface area contributed by atoms with E-state index in [9.17, 15) is 4.79 Å². The number of H-pyrrole nitrogens is 1. The molecule has 1 aromatic carbocycles. The lowest BCUT2D eigenvalue weighted by Crippen LogP contribution is -2.30. The summed E-state index contributed by atoms with van der Waals surface area (Å²) in [5.41, 5.74) is 2.46. The number of fused-ring (bicyclic) bond motifs is 1. The quantitative estimate of drug-likeness (QED) is 0.623. The first-order chi connectivity index (χ1) is 11.3. The number of carbonyl (C=O) groups is 1. The first-order valence-electron chi connectivity index (χ1n) is 7.38. The summed E-state index contributed by atoms with van der Waals surface area (Å²) in [7, 11) is 0. The molecule has 2 aromatic heterocycles. The molecule has 3 aromatic rings. The maximum Gasteiger partial charge on any atom is 0.267 e. The predicted octanol–water partition coefficient (Wildman–Crippen LogP) is 2.71. The van der Waals surface area contributed by atoms with E-state index in [-0.39, 0.29) is 25.2 Å². The number of hydrogen-bond acceptors (Lipinski definition) is 4. The van der Waals surface area contributed by atoms with Crippen LogP contribution in [0.1, 0.15) is 22.2 Å².